The quantitative estimate of drug-likeness (QED) is 0.654. The van der Waals surface area contributed by atoms with Gasteiger partial charge in [0.15, 0.2) is 6.10 Å². The highest BCUT2D eigenvalue weighted by Crippen LogP contribution is 2.22. The van der Waals surface area contributed by atoms with Crippen LogP contribution in [-0.4, -0.2) is 44.6 Å². The predicted molar refractivity (Wildman–Crippen MR) is 86.7 cm³/mol. The van der Waals surface area contributed by atoms with Crippen LogP contribution < -0.4 is 4.74 Å². The summed E-state index contributed by atoms with van der Waals surface area (Å²) in [6.07, 6.45) is 2.12. The molecule has 5 heteroatoms. The molecule has 0 saturated carbocycles. The van der Waals surface area contributed by atoms with Crippen LogP contribution in [0.5, 0.6) is 5.75 Å². The van der Waals surface area contributed by atoms with Crippen molar-refractivity contribution in [2.45, 2.75) is 45.3 Å². The van der Waals surface area contributed by atoms with Crippen LogP contribution in [0.2, 0.25) is 0 Å². The largest absolute Gasteiger partial charge is 0.491 e. The molecule has 1 saturated heterocycles. The van der Waals surface area contributed by atoms with Gasteiger partial charge in [0.1, 0.15) is 12.4 Å². The molecule has 1 aliphatic rings. The van der Waals surface area contributed by atoms with E-state index in [1.165, 1.54) is 0 Å². The first-order valence-corrected chi connectivity index (χ1v) is 8.35. The van der Waals surface area contributed by atoms with Gasteiger partial charge >= 0.3 is 5.97 Å². The number of rotatable bonds is 9. The second-order valence-corrected chi connectivity index (χ2v) is 5.45. The van der Waals surface area contributed by atoms with Gasteiger partial charge in [0.25, 0.3) is 0 Å². The Morgan fingerprint density at radius 2 is 2.13 bits per heavy atom. The van der Waals surface area contributed by atoms with Crippen molar-refractivity contribution in [2.24, 2.45) is 0 Å². The van der Waals surface area contributed by atoms with Crippen molar-refractivity contribution < 1.29 is 23.7 Å². The van der Waals surface area contributed by atoms with Crippen LogP contribution in [0.1, 0.15) is 32.3 Å². The van der Waals surface area contributed by atoms with E-state index in [9.17, 15) is 4.79 Å². The Balaban J connectivity index is 2.00. The lowest BCUT2D eigenvalue weighted by Gasteiger charge is -2.18. The van der Waals surface area contributed by atoms with E-state index in [1.54, 1.807) is 6.92 Å². The highest BCUT2D eigenvalue weighted by molar-refractivity contribution is 5.75. The molecule has 0 aliphatic carbocycles. The van der Waals surface area contributed by atoms with Crippen molar-refractivity contribution in [3.8, 4) is 5.75 Å². The van der Waals surface area contributed by atoms with Crippen molar-refractivity contribution >= 4 is 5.97 Å². The van der Waals surface area contributed by atoms with Gasteiger partial charge in [-0.3, -0.25) is 0 Å². The Kier molecular flexibility index (Phi) is 7.36. The zero-order valence-electron chi connectivity index (χ0n) is 14.0. The van der Waals surface area contributed by atoms with Crippen LogP contribution in [0, 0.1) is 0 Å². The molecule has 0 bridgehead atoms. The Hall–Kier alpha value is -1.59. The summed E-state index contributed by atoms with van der Waals surface area (Å²) in [5, 5.41) is 0. The third-order valence-corrected chi connectivity index (χ3v) is 3.74. The molecule has 0 spiro atoms. The average Bonchev–Trinajstić information content (AvgIpc) is 3.07. The molecule has 5 nitrogen and oxygen atoms in total. The molecule has 1 aromatic carbocycles. The van der Waals surface area contributed by atoms with E-state index < -0.39 is 6.10 Å². The maximum absolute atomic E-state index is 12.0. The lowest BCUT2D eigenvalue weighted by Crippen LogP contribution is -2.29. The van der Waals surface area contributed by atoms with Crippen LogP contribution >= 0.6 is 0 Å². The second kappa shape index (κ2) is 9.53. The van der Waals surface area contributed by atoms with Crippen molar-refractivity contribution in [1.82, 2.24) is 0 Å². The van der Waals surface area contributed by atoms with Gasteiger partial charge in [0, 0.05) is 19.6 Å². The maximum atomic E-state index is 12.0. The van der Waals surface area contributed by atoms with Gasteiger partial charge in [-0.2, -0.15) is 0 Å². The monoisotopic (exact) mass is 322 g/mol. The molecule has 0 amide bonds. The van der Waals surface area contributed by atoms with Crippen LogP contribution in [0.15, 0.2) is 24.3 Å². The Morgan fingerprint density at radius 3 is 2.83 bits per heavy atom. The third-order valence-electron chi connectivity index (χ3n) is 3.74. The van der Waals surface area contributed by atoms with Crippen molar-refractivity contribution in [3.63, 3.8) is 0 Å². The summed E-state index contributed by atoms with van der Waals surface area (Å²) < 4.78 is 22.1. The standard InChI is InChI=1S/C18H26O5/c1-3-20-17(18(19)21-4-2)12-14-8-5-6-10-16(14)23-13-15-9-7-11-22-15/h5-6,8,10,15,17H,3-4,7,9,11-13H2,1-2H3/t15-,17?/m1/s1. The second-order valence-electron chi connectivity index (χ2n) is 5.45. The Morgan fingerprint density at radius 1 is 1.30 bits per heavy atom. The number of carbonyl (C=O) groups excluding carboxylic acids is 1. The molecule has 1 unspecified atom stereocenters. The molecule has 1 aromatic rings. The maximum Gasteiger partial charge on any atom is 0.335 e. The molecule has 0 N–H and O–H groups in total. The topological polar surface area (TPSA) is 54.0 Å². The van der Waals surface area contributed by atoms with E-state index in [0.717, 1.165) is 30.8 Å². The number of ether oxygens (including phenoxy) is 4. The van der Waals surface area contributed by atoms with Crippen LogP contribution in [-0.2, 0) is 25.4 Å². The molecular weight excluding hydrogens is 296 g/mol. The molecule has 1 heterocycles. The number of carbonyl (C=O) groups is 1. The fraction of sp³-hybridized carbons (Fsp3) is 0.611. The van der Waals surface area contributed by atoms with E-state index in [2.05, 4.69) is 0 Å². The van der Waals surface area contributed by atoms with E-state index in [0.29, 0.717) is 26.2 Å². The number of benzene rings is 1. The van der Waals surface area contributed by atoms with Crippen LogP contribution in [0.25, 0.3) is 0 Å². The zero-order valence-corrected chi connectivity index (χ0v) is 14.0. The summed E-state index contributed by atoms with van der Waals surface area (Å²) in [4.78, 5) is 12.0. The Bertz CT molecular complexity index is 482. The van der Waals surface area contributed by atoms with Gasteiger partial charge in [-0.1, -0.05) is 18.2 Å². The molecule has 0 aromatic heterocycles. The number of esters is 1. The SMILES string of the molecule is CCOC(=O)C(Cc1ccccc1OC[C@H]1CCCO1)OCC. The predicted octanol–water partition coefficient (Wildman–Crippen LogP) is 2.76. The first-order chi connectivity index (χ1) is 11.2. The summed E-state index contributed by atoms with van der Waals surface area (Å²) >= 11 is 0. The lowest BCUT2D eigenvalue weighted by molar-refractivity contribution is -0.156. The number of hydrogen-bond acceptors (Lipinski definition) is 5. The summed E-state index contributed by atoms with van der Waals surface area (Å²) in [5.74, 6) is 0.445. The minimum absolute atomic E-state index is 0.163. The first-order valence-electron chi connectivity index (χ1n) is 8.35. The minimum Gasteiger partial charge on any atom is -0.491 e. The van der Waals surface area contributed by atoms with Gasteiger partial charge in [-0.15, -0.1) is 0 Å². The molecule has 0 radical (unpaired) electrons. The number of para-hydroxylation sites is 1. The molecule has 2 atom stereocenters. The minimum atomic E-state index is -0.604. The normalized spacial score (nSPS) is 18.6. The van der Waals surface area contributed by atoms with Crippen LogP contribution in [0.4, 0.5) is 0 Å². The fourth-order valence-electron chi connectivity index (χ4n) is 2.62. The summed E-state index contributed by atoms with van der Waals surface area (Å²) in [7, 11) is 0. The highest BCUT2D eigenvalue weighted by Gasteiger charge is 2.23. The molecule has 1 aliphatic heterocycles. The highest BCUT2D eigenvalue weighted by atomic mass is 16.6. The smallest absolute Gasteiger partial charge is 0.335 e. The van der Waals surface area contributed by atoms with Crippen molar-refractivity contribution in [3.05, 3.63) is 29.8 Å². The molecular formula is C18H26O5. The van der Waals surface area contributed by atoms with Gasteiger partial charge in [0.2, 0.25) is 0 Å². The lowest BCUT2D eigenvalue weighted by atomic mass is 10.1. The molecule has 1 fully saturated rings. The van der Waals surface area contributed by atoms with E-state index in [1.807, 2.05) is 31.2 Å². The zero-order chi connectivity index (χ0) is 16.5. The van der Waals surface area contributed by atoms with Gasteiger partial charge < -0.3 is 18.9 Å². The average molecular weight is 322 g/mol. The molecule has 2 rings (SSSR count). The van der Waals surface area contributed by atoms with Gasteiger partial charge in [0.05, 0.1) is 12.7 Å². The third kappa shape index (κ3) is 5.52. The summed E-state index contributed by atoms with van der Waals surface area (Å²) in [5.41, 5.74) is 0.942. The Labute approximate surface area is 137 Å². The molecule has 23 heavy (non-hydrogen) atoms. The van der Waals surface area contributed by atoms with Crippen molar-refractivity contribution in [2.75, 3.05) is 26.4 Å². The van der Waals surface area contributed by atoms with E-state index in [-0.39, 0.29) is 12.1 Å². The fourth-order valence-corrected chi connectivity index (χ4v) is 2.62. The van der Waals surface area contributed by atoms with Crippen LogP contribution in [0.3, 0.4) is 0 Å². The number of hydrogen-bond donors (Lipinski definition) is 0. The summed E-state index contributed by atoms with van der Waals surface area (Å²) in [6.45, 7) is 5.81. The van der Waals surface area contributed by atoms with Crippen molar-refractivity contribution in [1.29, 1.82) is 0 Å². The van der Waals surface area contributed by atoms with Gasteiger partial charge in [-0.05, 0) is 38.3 Å². The first kappa shape index (κ1) is 17.8. The van der Waals surface area contributed by atoms with E-state index in [4.69, 9.17) is 18.9 Å². The van der Waals surface area contributed by atoms with Gasteiger partial charge in [-0.25, -0.2) is 4.79 Å². The summed E-state index contributed by atoms with van der Waals surface area (Å²) in [6, 6.07) is 7.73. The van der Waals surface area contributed by atoms with E-state index >= 15 is 0 Å². The molecule has 128 valence electrons.